The first-order valence-electron chi connectivity index (χ1n) is 8.31. The van der Waals surface area contributed by atoms with Gasteiger partial charge in [0.05, 0.1) is 17.0 Å². The van der Waals surface area contributed by atoms with Gasteiger partial charge in [0.2, 0.25) is 5.91 Å². The molecule has 0 aliphatic heterocycles. The van der Waals surface area contributed by atoms with Gasteiger partial charge in [0.25, 0.3) is 0 Å². The van der Waals surface area contributed by atoms with E-state index >= 15 is 0 Å². The van der Waals surface area contributed by atoms with Crippen molar-refractivity contribution in [2.75, 3.05) is 11.1 Å². The van der Waals surface area contributed by atoms with Crippen molar-refractivity contribution < 1.29 is 18.0 Å². The molecule has 1 N–H and O–H groups in total. The van der Waals surface area contributed by atoms with Crippen molar-refractivity contribution in [1.82, 2.24) is 14.8 Å². The third kappa shape index (κ3) is 4.72. The minimum Gasteiger partial charge on any atom is -0.325 e. The number of carbonyl (C=O) groups excluding carboxylic acids is 1. The summed E-state index contributed by atoms with van der Waals surface area (Å²) < 4.78 is 39.5. The molecule has 1 heterocycles. The molecule has 1 amide bonds. The molecular weight excluding hydrogens is 389 g/mol. The first-order valence-corrected chi connectivity index (χ1v) is 9.30. The highest BCUT2D eigenvalue weighted by atomic mass is 32.2. The van der Waals surface area contributed by atoms with Gasteiger partial charge in [0.1, 0.15) is 6.33 Å². The molecule has 0 saturated heterocycles. The monoisotopic (exact) mass is 406 g/mol. The Morgan fingerprint density at radius 2 is 1.86 bits per heavy atom. The molecule has 0 radical (unpaired) electrons. The van der Waals surface area contributed by atoms with Crippen LogP contribution in [-0.2, 0) is 11.0 Å². The summed E-state index contributed by atoms with van der Waals surface area (Å²) in [6, 6.07) is 10.3. The number of thioether (sulfide) groups is 1. The number of anilines is 1. The zero-order chi connectivity index (χ0) is 20.3. The molecule has 3 aromatic rings. The number of aryl methyl sites for hydroxylation is 2. The molecule has 0 aliphatic rings. The van der Waals surface area contributed by atoms with E-state index in [-0.39, 0.29) is 11.7 Å². The quantitative estimate of drug-likeness (QED) is 0.628. The van der Waals surface area contributed by atoms with Gasteiger partial charge in [-0.3, -0.25) is 9.36 Å². The molecule has 146 valence electrons. The fraction of sp³-hybridized carbons (Fsp3) is 0.211. The lowest BCUT2D eigenvalue weighted by Gasteiger charge is -2.10. The van der Waals surface area contributed by atoms with E-state index in [9.17, 15) is 18.0 Å². The number of benzene rings is 2. The van der Waals surface area contributed by atoms with Gasteiger partial charge in [-0.2, -0.15) is 13.2 Å². The lowest BCUT2D eigenvalue weighted by atomic mass is 10.1. The molecule has 0 bridgehead atoms. The Balaban J connectivity index is 1.64. The van der Waals surface area contributed by atoms with Crippen LogP contribution < -0.4 is 5.32 Å². The summed E-state index contributed by atoms with van der Waals surface area (Å²) >= 11 is 1.19. The molecule has 0 unspecified atom stereocenters. The third-order valence-corrected chi connectivity index (χ3v) is 4.90. The number of halogens is 3. The van der Waals surface area contributed by atoms with E-state index in [0.29, 0.717) is 10.8 Å². The van der Waals surface area contributed by atoms with Crippen LogP contribution in [-0.4, -0.2) is 26.4 Å². The van der Waals surface area contributed by atoms with Crippen LogP contribution in [0.4, 0.5) is 18.9 Å². The van der Waals surface area contributed by atoms with Crippen molar-refractivity contribution in [2.45, 2.75) is 25.2 Å². The fourth-order valence-corrected chi connectivity index (χ4v) is 3.36. The molecule has 0 saturated carbocycles. The predicted molar refractivity (Wildman–Crippen MR) is 102 cm³/mol. The zero-order valence-corrected chi connectivity index (χ0v) is 15.9. The molecule has 2 aromatic carbocycles. The summed E-state index contributed by atoms with van der Waals surface area (Å²) in [6.45, 7) is 3.98. The van der Waals surface area contributed by atoms with Crippen LogP contribution in [0.3, 0.4) is 0 Å². The topological polar surface area (TPSA) is 59.8 Å². The average Bonchev–Trinajstić information content (AvgIpc) is 3.08. The van der Waals surface area contributed by atoms with Gasteiger partial charge < -0.3 is 5.32 Å². The number of carbonyl (C=O) groups is 1. The maximum Gasteiger partial charge on any atom is 0.416 e. The number of aromatic nitrogens is 3. The summed E-state index contributed by atoms with van der Waals surface area (Å²) in [6.07, 6.45) is -2.83. The highest BCUT2D eigenvalue weighted by Crippen LogP contribution is 2.30. The Morgan fingerprint density at radius 3 is 2.50 bits per heavy atom. The van der Waals surface area contributed by atoms with E-state index in [4.69, 9.17) is 0 Å². The smallest absolute Gasteiger partial charge is 0.325 e. The summed E-state index contributed by atoms with van der Waals surface area (Å²) in [5.74, 6) is -0.301. The molecule has 9 heteroatoms. The Labute approximate surface area is 164 Å². The lowest BCUT2D eigenvalue weighted by molar-refractivity contribution is -0.137. The Bertz CT molecular complexity index is 984. The van der Waals surface area contributed by atoms with Gasteiger partial charge in [-0.05, 0) is 49.7 Å². The second kappa shape index (κ2) is 8.05. The van der Waals surface area contributed by atoms with Crippen molar-refractivity contribution in [3.63, 3.8) is 0 Å². The number of hydrogen-bond acceptors (Lipinski definition) is 4. The van der Waals surface area contributed by atoms with E-state index in [1.807, 2.05) is 32.0 Å². The second-order valence-corrected chi connectivity index (χ2v) is 7.13. The minimum atomic E-state index is -4.41. The van der Waals surface area contributed by atoms with Gasteiger partial charge in [-0.15, -0.1) is 10.2 Å². The molecule has 3 rings (SSSR count). The van der Waals surface area contributed by atoms with E-state index in [2.05, 4.69) is 15.5 Å². The number of rotatable bonds is 5. The van der Waals surface area contributed by atoms with Crippen molar-refractivity contribution in [2.24, 2.45) is 0 Å². The van der Waals surface area contributed by atoms with E-state index in [1.54, 1.807) is 10.9 Å². The van der Waals surface area contributed by atoms with Crippen molar-refractivity contribution in [1.29, 1.82) is 0 Å². The standard InChI is InChI=1S/C19H17F3N4OS/c1-12-3-8-16(13(2)9-12)26-11-23-25-18(26)28-10-17(27)24-15-6-4-14(5-7-15)19(20,21)22/h3-9,11H,10H2,1-2H3,(H,24,27). The Hall–Kier alpha value is -2.81. The molecule has 0 atom stereocenters. The van der Waals surface area contributed by atoms with Crippen LogP contribution in [0.5, 0.6) is 0 Å². The lowest BCUT2D eigenvalue weighted by Crippen LogP contribution is -2.15. The first kappa shape index (κ1) is 19.9. The van der Waals surface area contributed by atoms with E-state index in [1.165, 1.54) is 23.9 Å². The SMILES string of the molecule is Cc1ccc(-n2cnnc2SCC(=O)Nc2ccc(C(F)(F)F)cc2)c(C)c1. The van der Waals surface area contributed by atoms with Crippen LogP contribution in [0.2, 0.25) is 0 Å². The maximum absolute atomic E-state index is 12.6. The third-order valence-electron chi connectivity index (χ3n) is 3.96. The number of hydrogen-bond donors (Lipinski definition) is 1. The van der Waals surface area contributed by atoms with Crippen LogP contribution in [0.1, 0.15) is 16.7 Å². The van der Waals surface area contributed by atoms with E-state index in [0.717, 1.165) is 28.9 Å². The normalized spacial score (nSPS) is 11.5. The van der Waals surface area contributed by atoms with Gasteiger partial charge in [-0.1, -0.05) is 29.5 Å². The highest BCUT2D eigenvalue weighted by molar-refractivity contribution is 7.99. The van der Waals surface area contributed by atoms with Crippen LogP contribution in [0.25, 0.3) is 5.69 Å². The van der Waals surface area contributed by atoms with Crippen molar-refractivity contribution >= 4 is 23.4 Å². The summed E-state index contributed by atoms with van der Waals surface area (Å²) in [5, 5.41) is 11.1. The summed E-state index contributed by atoms with van der Waals surface area (Å²) in [4.78, 5) is 12.1. The predicted octanol–water partition coefficient (Wildman–Crippen LogP) is 4.63. The molecule has 0 aliphatic carbocycles. The van der Waals surface area contributed by atoms with E-state index < -0.39 is 11.7 Å². The first-order chi connectivity index (χ1) is 13.2. The number of nitrogens with zero attached hydrogens (tertiary/aromatic N) is 3. The molecule has 0 fully saturated rings. The van der Waals surface area contributed by atoms with Crippen molar-refractivity contribution in [3.8, 4) is 5.69 Å². The molecule has 0 spiro atoms. The molecular formula is C19H17F3N4OS. The Kier molecular flexibility index (Phi) is 5.73. The molecule has 1 aromatic heterocycles. The summed E-state index contributed by atoms with van der Waals surface area (Å²) in [5.41, 5.74) is 2.65. The van der Waals surface area contributed by atoms with Crippen LogP contribution >= 0.6 is 11.8 Å². The minimum absolute atomic E-state index is 0.0463. The van der Waals surface area contributed by atoms with Gasteiger partial charge in [-0.25, -0.2) is 0 Å². The maximum atomic E-state index is 12.6. The molecule has 5 nitrogen and oxygen atoms in total. The van der Waals surface area contributed by atoms with Crippen LogP contribution in [0, 0.1) is 13.8 Å². The highest BCUT2D eigenvalue weighted by Gasteiger charge is 2.30. The number of nitrogens with one attached hydrogen (secondary N) is 1. The average molecular weight is 406 g/mol. The van der Waals surface area contributed by atoms with Gasteiger partial charge >= 0.3 is 6.18 Å². The summed E-state index contributed by atoms with van der Waals surface area (Å²) in [7, 11) is 0. The fourth-order valence-electron chi connectivity index (χ4n) is 2.63. The Morgan fingerprint density at radius 1 is 1.14 bits per heavy atom. The van der Waals surface area contributed by atoms with Crippen LogP contribution in [0.15, 0.2) is 53.9 Å². The number of alkyl halides is 3. The largest absolute Gasteiger partial charge is 0.416 e. The zero-order valence-electron chi connectivity index (χ0n) is 15.1. The van der Waals surface area contributed by atoms with Crippen molar-refractivity contribution in [3.05, 3.63) is 65.5 Å². The second-order valence-electron chi connectivity index (χ2n) is 6.19. The number of amides is 1. The van der Waals surface area contributed by atoms with Gasteiger partial charge in [0, 0.05) is 5.69 Å². The molecule has 28 heavy (non-hydrogen) atoms. The van der Waals surface area contributed by atoms with Gasteiger partial charge in [0.15, 0.2) is 5.16 Å².